The fraction of sp³-hybridized carbons (Fsp3) is 0.263. The highest BCUT2D eigenvalue weighted by Gasteiger charge is 2.29. The molecule has 0 aromatic heterocycles. The second-order valence-corrected chi connectivity index (χ2v) is 6.70. The monoisotopic (exact) mass is 345 g/mol. The van der Waals surface area contributed by atoms with Crippen LogP contribution < -0.4 is 5.32 Å². The first kappa shape index (κ1) is 18.0. The van der Waals surface area contributed by atoms with Crippen molar-refractivity contribution in [3.63, 3.8) is 0 Å². The molecule has 2 aromatic rings. The summed E-state index contributed by atoms with van der Waals surface area (Å²) >= 11 is 5.89. The Morgan fingerprint density at radius 2 is 1.58 bits per heavy atom. The number of rotatable bonds is 5. The van der Waals surface area contributed by atoms with Crippen LogP contribution in [0.3, 0.4) is 0 Å². The van der Waals surface area contributed by atoms with Crippen LogP contribution in [0.4, 0.5) is 5.69 Å². The molecule has 0 radical (unpaired) electrons. The number of carbonyl (C=O) groups excluding carboxylic acids is 1. The smallest absolute Gasteiger partial charge is 0.310 e. The lowest BCUT2D eigenvalue weighted by atomic mass is 9.83. The first-order valence-corrected chi connectivity index (χ1v) is 8.00. The van der Waals surface area contributed by atoms with E-state index in [1.165, 1.54) is 0 Å². The van der Waals surface area contributed by atoms with Crippen molar-refractivity contribution in [2.75, 3.05) is 5.32 Å². The van der Waals surface area contributed by atoms with Crippen LogP contribution in [-0.4, -0.2) is 17.0 Å². The van der Waals surface area contributed by atoms with E-state index in [-0.39, 0.29) is 5.91 Å². The molecule has 0 fully saturated rings. The molecule has 4 nitrogen and oxygen atoms in total. The highest BCUT2D eigenvalue weighted by atomic mass is 35.5. The molecule has 2 rings (SSSR count). The maximum absolute atomic E-state index is 12.6. The zero-order valence-electron chi connectivity index (χ0n) is 13.8. The van der Waals surface area contributed by atoms with Crippen molar-refractivity contribution in [1.82, 2.24) is 0 Å². The summed E-state index contributed by atoms with van der Waals surface area (Å²) in [6, 6.07) is 14.0. The van der Waals surface area contributed by atoms with Crippen molar-refractivity contribution in [1.29, 1.82) is 0 Å². The van der Waals surface area contributed by atoms with E-state index in [0.29, 0.717) is 16.3 Å². The third kappa shape index (κ3) is 3.95. The van der Waals surface area contributed by atoms with Gasteiger partial charge in [-0.15, -0.1) is 0 Å². The summed E-state index contributed by atoms with van der Waals surface area (Å²) < 4.78 is 0. The van der Waals surface area contributed by atoms with E-state index in [2.05, 4.69) is 5.32 Å². The van der Waals surface area contributed by atoms with E-state index in [4.69, 9.17) is 16.7 Å². The van der Waals surface area contributed by atoms with Gasteiger partial charge >= 0.3 is 5.97 Å². The van der Waals surface area contributed by atoms with Gasteiger partial charge in [-0.3, -0.25) is 9.59 Å². The summed E-state index contributed by atoms with van der Waals surface area (Å²) in [6.07, 6.45) is 0. The van der Waals surface area contributed by atoms with Gasteiger partial charge in [0.25, 0.3) is 0 Å². The Balaban J connectivity index is 2.13. The van der Waals surface area contributed by atoms with Gasteiger partial charge in [0.05, 0.1) is 11.3 Å². The normalized spacial score (nSPS) is 12.5. The van der Waals surface area contributed by atoms with Crippen molar-refractivity contribution >= 4 is 29.2 Å². The minimum Gasteiger partial charge on any atom is -0.481 e. The number of carboxylic acids is 1. The maximum Gasteiger partial charge on any atom is 0.310 e. The molecule has 1 atom stereocenters. The van der Waals surface area contributed by atoms with Crippen molar-refractivity contribution in [2.24, 2.45) is 0 Å². The average Bonchev–Trinajstić information content (AvgIpc) is 2.55. The minimum absolute atomic E-state index is 0.149. The van der Waals surface area contributed by atoms with Gasteiger partial charge in [-0.1, -0.05) is 35.9 Å². The van der Waals surface area contributed by atoms with Crippen LogP contribution in [0.15, 0.2) is 48.5 Å². The molecule has 1 amide bonds. The van der Waals surface area contributed by atoms with Gasteiger partial charge in [-0.05, 0) is 56.2 Å². The molecule has 24 heavy (non-hydrogen) atoms. The molecule has 2 N–H and O–H groups in total. The third-order valence-corrected chi connectivity index (χ3v) is 4.42. The largest absolute Gasteiger partial charge is 0.481 e. The Hall–Kier alpha value is -2.33. The van der Waals surface area contributed by atoms with E-state index in [0.717, 1.165) is 5.56 Å². The lowest BCUT2D eigenvalue weighted by Crippen LogP contribution is -2.34. The van der Waals surface area contributed by atoms with Crippen LogP contribution in [0.25, 0.3) is 0 Å². The van der Waals surface area contributed by atoms with E-state index >= 15 is 0 Å². The highest BCUT2D eigenvalue weighted by Crippen LogP contribution is 2.27. The van der Waals surface area contributed by atoms with Crippen LogP contribution in [0, 0.1) is 0 Å². The average molecular weight is 346 g/mol. The zero-order valence-corrected chi connectivity index (χ0v) is 14.6. The van der Waals surface area contributed by atoms with Gasteiger partial charge < -0.3 is 10.4 Å². The molecule has 126 valence electrons. The van der Waals surface area contributed by atoms with Crippen LogP contribution in [0.2, 0.25) is 5.02 Å². The number of aliphatic carboxylic acids is 1. The zero-order chi connectivity index (χ0) is 17.9. The third-order valence-electron chi connectivity index (χ3n) is 4.17. The first-order chi connectivity index (χ1) is 11.2. The minimum atomic E-state index is -0.879. The van der Waals surface area contributed by atoms with E-state index in [1.54, 1.807) is 43.3 Å². The summed E-state index contributed by atoms with van der Waals surface area (Å²) in [4.78, 5) is 23.6. The number of carbonyl (C=O) groups is 2. The van der Waals surface area contributed by atoms with Crippen molar-refractivity contribution in [2.45, 2.75) is 32.1 Å². The Labute approximate surface area is 146 Å². The lowest BCUT2D eigenvalue weighted by molar-refractivity contribution is -0.138. The summed E-state index contributed by atoms with van der Waals surface area (Å²) in [5, 5.41) is 12.5. The Morgan fingerprint density at radius 3 is 2.08 bits per heavy atom. The number of halogens is 1. The van der Waals surface area contributed by atoms with Crippen LogP contribution >= 0.6 is 11.6 Å². The van der Waals surface area contributed by atoms with Crippen molar-refractivity contribution < 1.29 is 14.7 Å². The first-order valence-electron chi connectivity index (χ1n) is 7.62. The van der Waals surface area contributed by atoms with Crippen LogP contribution in [-0.2, 0) is 15.0 Å². The Morgan fingerprint density at radius 1 is 1.04 bits per heavy atom. The number of benzene rings is 2. The highest BCUT2D eigenvalue weighted by molar-refractivity contribution is 6.30. The summed E-state index contributed by atoms with van der Waals surface area (Å²) in [6.45, 7) is 5.30. The van der Waals surface area contributed by atoms with Gasteiger partial charge in [0.2, 0.25) is 5.91 Å². The fourth-order valence-electron chi connectivity index (χ4n) is 2.28. The number of anilines is 1. The number of hydrogen-bond acceptors (Lipinski definition) is 2. The molecule has 0 saturated carbocycles. The second kappa shape index (κ2) is 7.05. The quantitative estimate of drug-likeness (QED) is 0.841. The molecule has 0 saturated heterocycles. The van der Waals surface area contributed by atoms with Gasteiger partial charge in [-0.2, -0.15) is 0 Å². The molecule has 0 aliphatic carbocycles. The summed E-state index contributed by atoms with van der Waals surface area (Å²) in [5.41, 5.74) is 1.46. The van der Waals surface area contributed by atoms with Gasteiger partial charge in [0.1, 0.15) is 0 Å². The van der Waals surface area contributed by atoms with Gasteiger partial charge in [0.15, 0.2) is 0 Å². The molecule has 5 heteroatoms. The summed E-state index contributed by atoms with van der Waals surface area (Å²) in [7, 11) is 0. The van der Waals surface area contributed by atoms with Gasteiger partial charge in [-0.25, -0.2) is 0 Å². The van der Waals surface area contributed by atoms with E-state index < -0.39 is 17.3 Å². The van der Waals surface area contributed by atoms with Crippen LogP contribution in [0.5, 0.6) is 0 Å². The SMILES string of the molecule is CC(C(=O)O)c1ccc(NC(=O)C(C)(C)c2ccc(Cl)cc2)cc1. The van der Waals surface area contributed by atoms with Crippen LogP contribution in [0.1, 0.15) is 37.8 Å². The molecule has 0 aliphatic rings. The van der Waals surface area contributed by atoms with Gasteiger partial charge in [0, 0.05) is 10.7 Å². The van der Waals surface area contributed by atoms with Crippen molar-refractivity contribution in [3.8, 4) is 0 Å². The molecular weight excluding hydrogens is 326 g/mol. The van der Waals surface area contributed by atoms with E-state index in [9.17, 15) is 9.59 Å². The second-order valence-electron chi connectivity index (χ2n) is 6.27. The van der Waals surface area contributed by atoms with E-state index in [1.807, 2.05) is 26.0 Å². The Kier molecular flexibility index (Phi) is 5.30. The molecule has 0 heterocycles. The standard InChI is InChI=1S/C19H20ClNO3/c1-12(17(22)23)13-4-10-16(11-5-13)21-18(24)19(2,3)14-6-8-15(20)9-7-14/h4-12H,1-3H3,(H,21,24)(H,22,23). The molecular formula is C19H20ClNO3. The fourth-order valence-corrected chi connectivity index (χ4v) is 2.41. The number of amides is 1. The molecule has 0 aliphatic heterocycles. The topological polar surface area (TPSA) is 66.4 Å². The molecule has 0 spiro atoms. The number of hydrogen-bond donors (Lipinski definition) is 2. The predicted octanol–water partition coefficient (Wildman–Crippen LogP) is 4.44. The van der Waals surface area contributed by atoms with Crippen molar-refractivity contribution in [3.05, 3.63) is 64.7 Å². The molecule has 2 aromatic carbocycles. The molecule has 0 bridgehead atoms. The Bertz CT molecular complexity index is 736. The predicted molar refractivity (Wildman–Crippen MR) is 95.6 cm³/mol. The summed E-state index contributed by atoms with van der Waals surface area (Å²) in [5.74, 6) is -1.61. The number of nitrogens with one attached hydrogen (secondary N) is 1. The number of carboxylic acid groups (broad SMARTS) is 1. The molecule has 1 unspecified atom stereocenters. The maximum atomic E-state index is 12.6. The lowest BCUT2D eigenvalue weighted by Gasteiger charge is -2.24.